The average molecular weight is 405 g/mol. The van der Waals surface area contributed by atoms with Crippen molar-refractivity contribution in [3.05, 3.63) is 70.0 Å². The summed E-state index contributed by atoms with van der Waals surface area (Å²) in [7, 11) is 0. The topological polar surface area (TPSA) is 89.8 Å². The van der Waals surface area contributed by atoms with E-state index in [1.807, 2.05) is 56.3 Å². The second-order valence-corrected chi connectivity index (χ2v) is 7.93. The van der Waals surface area contributed by atoms with Gasteiger partial charge in [-0.1, -0.05) is 61.6 Å². The molecule has 0 unspecified atom stereocenters. The maximum Gasteiger partial charge on any atom is 0.267 e. The van der Waals surface area contributed by atoms with Crippen molar-refractivity contribution in [3.8, 4) is 11.3 Å². The van der Waals surface area contributed by atoms with Gasteiger partial charge >= 0.3 is 0 Å². The SMILES string of the molecule is CC(C)c1nnc(NC(=O)Cn2nc(-c3ccc4ccccc4c3)ccc2=O)s1. The van der Waals surface area contributed by atoms with E-state index in [0.717, 1.165) is 26.0 Å². The zero-order chi connectivity index (χ0) is 20.4. The van der Waals surface area contributed by atoms with Gasteiger partial charge in [0.05, 0.1) is 5.69 Å². The minimum absolute atomic E-state index is 0.198. The maximum absolute atomic E-state index is 12.4. The number of anilines is 1. The summed E-state index contributed by atoms with van der Waals surface area (Å²) in [5, 5.41) is 18.5. The fraction of sp³-hybridized carbons (Fsp3) is 0.190. The molecule has 0 saturated heterocycles. The van der Waals surface area contributed by atoms with E-state index in [0.29, 0.717) is 10.8 Å². The molecule has 0 spiro atoms. The summed E-state index contributed by atoms with van der Waals surface area (Å²) in [6, 6.07) is 17.1. The van der Waals surface area contributed by atoms with Gasteiger partial charge in [0.15, 0.2) is 0 Å². The van der Waals surface area contributed by atoms with Crippen molar-refractivity contribution < 1.29 is 4.79 Å². The molecule has 2 aromatic heterocycles. The number of carbonyl (C=O) groups is 1. The van der Waals surface area contributed by atoms with E-state index in [4.69, 9.17) is 0 Å². The number of hydrogen-bond acceptors (Lipinski definition) is 6. The third-order valence-corrected chi connectivity index (χ3v) is 5.53. The highest BCUT2D eigenvalue weighted by Gasteiger charge is 2.13. The van der Waals surface area contributed by atoms with Gasteiger partial charge in [-0.15, -0.1) is 10.2 Å². The summed E-state index contributed by atoms with van der Waals surface area (Å²) in [4.78, 5) is 24.6. The average Bonchev–Trinajstić information content (AvgIpc) is 3.18. The van der Waals surface area contributed by atoms with Crippen LogP contribution in [0.1, 0.15) is 24.8 Å². The molecule has 0 fully saturated rings. The number of fused-ring (bicyclic) bond motifs is 1. The van der Waals surface area contributed by atoms with Gasteiger partial charge in [0, 0.05) is 17.5 Å². The Morgan fingerprint density at radius 2 is 1.86 bits per heavy atom. The minimum Gasteiger partial charge on any atom is -0.299 e. The Morgan fingerprint density at radius 3 is 2.62 bits per heavy atom. The van der Waals surface area contributed by atoms with Gasteiger partial charge < -0.3 is 0 Å². The van der Waals surface area contributed by atoms with Gasteiger partial charge in [0.25, 0.3) is 5.56 Å². The molecule has 4 rings (SSSR count). The summed E-state index contributed by atoms with van der Waals surface area (Å²) >= 11 is 1.32. The minimum atomic E-state index is -0.373. The molecule has 29 heavy (non-hydrogen) atoms. The number of carbonyl (C=O) groups excluding carboxylic acids is 1. The van der Waals surface area contributed by atoms with Crippen molar-refractivity contribution in [2.24, 2.45) is 0 Å². The molecule has 0 saturated carbocycles. The van der Waals surface area contributed by atoms with Crippen LogP contribution in [0.5, 0.6) is 0 Å². The summed E-state index contributed by atoms with van der Waals surface area (Å²) in [6.07, 6.45) is 0. The molecule has 4 aromatic rings. The third-order valence-electron chi connectivity index (χ3n) is 4.39. The lowest BCUT2D eigenvalue weighted by Crippen LogP contribution is -2.29. The van der Waals surface area contributed by atoms with E-state index in [9.17, 15) is 9.59 Å². The largest absolute Gasteiger partial charge is 0.299 e. The Hall–Kier alpha value is -3.39. The van der Waals surface area contributed by atoms with Crippen molar-refractivity contribution in [3.63, 3.8) is 0 Å². The fourth-order valence-electron chi connectivity index (χ4n) is 2.88. The molecule has 146 valence electrons. The van der Waals surface area contributed by atoms with Crippen LogP contribution in [0, 0.1) is 0 Å². The number of benzene rings is 2. The first kappa shape index (κ1) is 18.9. The van der Waals surface area contributed by atoms with Crippen LogP contribution in [-0.4, -0.2) is 25.9 Å². The van der Waals surface area contributed by atoms with Gasteiger partial charge in [-0.05, 0) is 22.9 Å². The van der Waals surface area contributed by atoms with Crippen molar-refractivity contribution in [2.45, 2.75) is 26.3 Å². The van der Waals surface area contributed by atoms with Crippen molar-refractivity contribution in [1.82, 2.24) is 20.0 Å². The molecular weight excluding hydrogens is 386 g/mol. The van der Waals surface area contributed by atoms with Crippen molar-refractivity contribution in [2.75, 3.05) is 5.32 Å². The zero-order valence-corrected chi connectivity index (χ0v) is 16.8. The van der Waals surface area contributed by atoms with Gasteiger partial charge in [-0.2, -0.15) is 5.10 Å². The van der Waals surface area contributed by atoms with E-state index in [1.165, 1.54) is 17.4 Å². The first-order valence-electron chi connectivity index (χ1n) is 9.20. The van der Waals surface area contributed by atoms with Gasteiger partial charge in [-0.25, -0.2) is 4.68 Å². The lowest BCUT2D eigenvalue weighted by molar-refractivity contribution is -0.117. The molecule has 0 aliphatic heterocycles. The van der Waals surface area contributed by atoms with E-state index in [2.05, 4.69) is 20.6 Å². The molecule has 0 bridgehead atoms. The quantitative estimate of drug-likeness (QED) is 0.547. The van der Waals surface area contributed by atoms with Crippen LogP contribution >= 0.6 is 11.3 Å². The van der Waals surface area contributed by atoms with Crippen LogP contribution in [0.3, 0.4) is 0 Å². The Labute approximate surface area is 171 Å². The summed E-state index contributed by atoms with van der Waals surface area (Å²) < 4.78 is 1.16. The molecule has 1 amide bonds. The predicted molar refractivity (Wildman–Crippen MR) is 114 cm³/mol. The van der Waals surface area contributed by atoms with Crippen LogP contribution < -0.4 is 10.9 Å². The third kappa shape index (κ3) is 4.22. The molecule has 2 aromatic carbocycles. The summed E-state index contributed by atoms with van der Waals surface area (Å²) in [5.74, 6) is -0.136. The van der Waals surface area contributed by atoms with E-state index in [-0.39, 0.29) is 23.9 Å². The Bertz CT molecular complexity index is 1250. The summed E-state index contributed by atoms with van der Waals surface area (Å²) in [6.45, 7) is 3.82. The smallest absolute Gasteiger partial charge is 0.267 e. The monoisotopic (exact) mass is 405 g/mol. The Kier molecular flexibility index (Phi) is 5.18. The lowest BCUT2D eigenvalue weighted by Gasteiger charge is -2.08. The highest BCUT2D eigenvalue weighted by molar-refractivity contribution is 7.15. The highest BCUT2D eigenvalue weighted by Crippen LogP contribution is 2.23. The first-order valence-corrected chi connectivity index (χ1v) is 10.0. The van der Waals surface area contributed by atoms with Crippen molar-refractivity contribution >= 4 is 33.1 Å². The summed E-state index contributed by atoms with van der Waals surface area (Å²) in [5.41, 5.74) is 1.16. The van der Waals surface area contributed by atoms with Crippen LogP contribution in [0.4, 0.5) is 5.13 Å². The van der Waals surface area contributed by atoms with E-state index in [1.54, 1.807) is 6.07 Å². The number of aromatic nitrogens is 4. The van der Waals surface area contributed by atoms with Crippen molar-refractivity contribution in [1.29, 1.82) is 0 Å². The first-order chi connectivity index (χ1) is 14.0. The molecule has 1 N–H and O–H groups in total. The molecule has 7 nitrogen and oxygen atoms in total. The second-order valence-electron chi connectivity index (χ2n) is 6.92. The standard InChI is InChI=1S/C21H19N5O2S/c1-13(2)20-23-24-21(29-20)22-18(27)12-26-19(28)10-9-17(25-26)16-8-7-14-5-3-4-6-15(14)11-16/h3-11,13H,12H2,1-2H3,(H,22,24,27). The Balaban J connectivity index is 1.55. The highest BCUT2D eigenvalue weighted by atomic mass is 32.1. The van der Waals surface area contributed by atoms with Crippen LogP contribution in [0.25, 0.3) is 22.0 Å². The number of rotatable bonds is 5. The Morgan fingerprint density at radius 1 is 1.07 bits per heavy atom. The van der Waals surface area contributed by atoms with Crippen LogP contribution in [0.2, 0.25) is 0 Å². The van der Waals surface area contributed by atoms with Gasteiger partial charge in [0.2, 0.25) is 11.0 Å². The molecule has 0 aliphatic rings. The van der Waals surface area contributed by atoms with E-state index < -0.39 is 0 Å². The van der Waals surface area contributed by atoms with Gasteiger partial charge in [0.1, 0.15) is 11.6 Å². The molecule has 0 radical (unpaired) electrons. The van der Waals surface area contributed by atoms with Crippen LogP contribution in [-0.2, 0) is 11.3 Å². The fourth-order valence-corrected chi connectivity index (χ4v) is 3.64. The molecule has 0 aliphatic carbocycles. The molecule has 2 heterocycles. The lowest BCUT2D eigenvalue weighted by atomic mass is 10.1. The van der Waals surface area contributed by atoms with Crippen LogP contribution in [0.15, 0.2) is 59.4 Å². The molecular formula is C21H19N5O2S. The number of nitrogens with one attached hydrogen (secondary N) is 1. The molecule has 0 atom stereocenters. The zero-order valence-electron chi connectivity index (χ0n) is 16.0. The molecule has 8 heteroatoms. The van der Waals surface area contributed by atoms with E-state index >= 15 is 0 Å². The number of hydrogen-bond donors (Lipinski definition) is 1. The number of nitrogens with zero attached hydrogens (tertiary/aromatic N) is 4. The predicted octanol–water partition coefficient (Wildman–Crippen LogP) is 3.68. The van der Waals surface area contributed by atoms with Gasteiger partial charge in [-0.3, -0.25) is 14.9 Å². The number of amides is 1. The normalized spacial score (nSPS) is 11.1. The second kappa shape index (κ2) is 7.92. The maximum atomic E-state index is 12.4.